The van der Waals surface area contributed by atoms with Gasteiger partial charge in [-0.3, -0.25) is 4.79 Å². The summed E-state index contributed by atoms with van der Waals surface area (Å²) in [6.45, 7) is 0.305. The first-order valence-electron chi connectivity index (χ1n) is 10.8. The molecule has 6 rings (SSSR count). The van der Waals surface area contributed by atoms with Crippen molar-refractivity contribution in [2.75, 3.05) is 11.9 Å². The van der Waals surface area contributed by atoms with Gasteiger partial charge >= 0.3 is 0 Å². The molecule has 2 aliphatic rings. The molecular weight excluding hydrogens is 478 g/mol. The van der Waals surface area contributed by atoms with Crippen molar-refractivity contribution in [3.05, 3.63) is 64.7 Å². The van der Waals surface area contributed by atoms with Crippen LogP contribution in [-0.2, 0) is 27.7 Å². The Morgan fingerprint density at radius 2 is 1.91 bits per heavy atom. The Kier molecular flexibility index (Phi) is 4.95. The fraction of sp³-hybridized carbons (Fsp3) is 0.250. The molecule has 1 amide bonds. The van der Waals surface area contributed by atoms with Gasteiger partial charge in [0, 0.05) is 17.0 Å². The van der Waals surface area contributed by atoms with Crippen LogP contribution in [-0.4, -0.2) is 36.2 Å². The van der Waals surface area contributed by atoms with Crippen LogP contribution in [0.4, 0.5) is 5.13 Å². The third-order valence-electron chi connectivity index (χ3n) is 6.51. The van der Waals surface area contributed by atoms with E-state index in [-0.39, 0.29) is 10.8 Å². The van der Waals surface area contributed by atoms with E-state index in [1.807, 2.05) is 0 Å². The first-order valence-corrected chi connectivity index (χ1v) is 13.5. The standard InChI is InChI=1S/C24H20ClN3O3S2/c25-16-8-10-17(11-9-16)33(30,31)28-12-2-5-19(28)23(29)27-24-26-22-18-4-1-3-14-6-7-15(21(14)18)13-20(22)32-24/h1,3-4,8-11,13,19H,2,5-7,12H2,(H,26,27,29). The lowest BCUT2D eigenvalue weighted by molar-refractivity contribution is -0.119. The molecule has 3 aromatic carbocycles. The number of benzene rings is 3. The summed E-state index contributed by atoms with van der Waals surface area (Å²) in [5, 5.41) is 6.25. The van der Waals surface area contributed by atoms with E-state index < -0.39 is 16.1 Å². The summed E-state index contributed by atoms with van der Waals surface area (Å²) in [7, 11) is -3.80. The van der Waals surface area contributed by atoms with Gasteiger partial charge in [-0.15, -0.1) is 0 Å². The maximum absolute atomic E-state index is 13.2. The highest BCUT2D eigenvalue weighted by atomic mass is 35.5. The molecule has 0 radical (unpaired) electrons. The molecule has 1 aromatic heterocycles. The zero-order valence-corrected chi connectivity index (χ0v) is 19.9. The van der Waals surface area contributed by atoms with Crippen molar-refractivity contribution in [2.45, 2.75) is 36.6 Å². The highest BCUT2D eigenvalue weighted by Crippen LogP contribution is 2.39. The molecule has 1 fully saturated rings. The predicted octanol–water partition coefficient (Wildman–Crippen LogP) is 4.99. The molecular formula is C24H20ClN3O3S2. The van der Waals surface area contributed by atoms with Crippen LogP contribution in [0.5, 0.6) is 0 Å². The first kappa shape index (κ1) is 21.0. The number of carbonyl (C=O) groups is 1. The van der Waals surface area contributed by atoms with Gasteiger partial charge in [0.25, 0.3) is 0 Å². The number of fused-ring (bicyclic) bond motifs is 2. The van der Waals surface area contributed by atoms with Crippen molar-refractivity contribution >= 4 is 65.0 Å². The van der Waals surface area contributed by atoms with Crippen LogP contribution in [0.25, 0.3) is 21.0 Å². The number of sulfonamides is 1. The molecule has 1 aliphatic heterocycles. The maximum Gasteiger partial charge on any atom is 0.244 e. The van der Waals surface area contributed by atoms with Crippen molar-refractivity contribution < 1.29 is 13.2 Å². The minimum Gasteiger partial charge on any atom is -0.301 e. The third kappa shape index (κ3) is 3.44. The summed E-state index contributed by atoms with van der Waals surface area (Å²) in [5.74, 6) is -0.346. The van der Waals surface area contributed by atoms with Gasteiger partial charge in [0.15, 0.2) is 5.13 Å². The number of aromatic nitrogens is 1. The summed E-state index contributed by atoms with van der Waals surface area (Å²) in [4.78, 5) is 18.0. The van der Waals surface area contributed by atoms with Crippen LogP contribution in [0.15, 0.2) is 53.4 Å². The molecule has 4 aromatic rings. The molecule has 0 spiro atoms. The number of hydrogen-bond donors (Lipinski definition) is 1. The fourth-order valence-corrected chi connectivity index (χ4v) is 7.71. The lowest BCUT2D eigenvalue weighted by Crippen LogP contribution is -2.43. The van der Waals surface area contributed by atoms with E-state index in [0.29, 0.717) is 29.5 Å². The molecule has 0 bridgehead atoms. The topological polar surface area (TPSA) is 79.4 Å². The highest BCUT2D eigenvalue weighted by molar-refractivity contribution is 7.89. The normalized spacial score (nSPS) is 18.4. The van der Waals surface area contributed by atoms with Crippen LogP contribution >= 0.6 is 22.9 Å². The minimum atomic E-state index is -3.80. The zero-order valence-electron chi connectivity index (χ0n) is 17.5. The number of nitrogens with one attached hydrogen (secondary N) is 1. The molecule has 1 aliphatic carbocycles. The Morgan fingerprint density at radius 1 is 1.12 bits per heavy atom. The van der Waals surface area contributed by atoms with Crippen LogP contribution < -0.4 is 5.32 Å². The van der Waals surface area contributed by atoms with Gasteiger partial charge < -0.3 is 5.32 Å². The quantitative estimate of drug-likeness (QED) is 0.430. The Morgan fingerprint density at radius 3 is 2.73 bits per heavy atom. The lowest BCUT2D eigenvalue weighted by Gasteiger charge is -2.23. The Balaban J connectivity index is 1.30. The fourth-order valence-electron chi connectivity index (χ4n) is 4.98. The molecule has 9 heteroatoms. The molecule has 6 nitrogen and oxygen atoms in total. The Bertz CT molecular complexity index is 1530. The monoisotopic (exact) mass is 497 g/mol. The van der Waals surface area contributed by atoms with E-state index in [1.165, 1.54) is 44.3 Å². The SMILES string of the molecule is O=C(Nc1nc2c(cc3c4c(cccc42)CC3)s1)C1CCCN1S(=O)(=O)c1ccc(Cl)cc1. The van der Waals surface area contributed by atoms with Gasteiger partial charge in [0.05, 0.1) is 15.1 Å². The second-order valence-electron chi connectivity index (χ2n) is 8.46. The van der Waals surface area contributed by atoms with E-state index in [4.69, 9.17) is 16.6 Å². The number of amides is 1. The number of thiazole rings is 1. The number of halogens is 1. The van der Waals surface area contributed by atoms with Crippen molar-refractivity contribution in [1.82, 2.24) is 9.29 Å². The van der Waals surface area contributed by atoms with E-state index in [0.717, 1.165) is 28.4 Å². The van der Waals surface area contributed by atoms with Gasteiger partial charge in [-0.25, -0.2) is 13.4 Å². The van der Waals surface area contributed by atoms with E-state index in [9.17, 15) is 13.2 Å². The van der Waals surface area contributed by atoms with Gasteiger partial charge in [0.1, 0.15) is 6.04 Å². The molecule has 1 unspecified atom stereocenters. The minimum absolute atomic E-state index is 0.135. The molecule has 33 heavy (non-hydrogen) atoms. The van der Waals surface area contributed by atoms with Gasteiger partial charge in [-0.1, -0.05) is 41.1 Å². The van der Waals surface area contributed by atoms with Crippen molar-refractivity contribution in [2.24, 2.45) is 0 Å². The Hall–Kier alpha value is -2.52. The molecule has 2 heterocycles. The van der Waals surface area contributed by atoms with E-state index in [2.05, 4.69) is 29.6 Å². The number of nitrogens with zero attached hydrogens (tertiary/aromatic N) is 2. The second kappa shape index (κ2) is 7.77. The van der Waals surface area contributed by atoms with Gasteiger partial charge in [-0.05, 0) is 72.5 Å². The van der Waals surface area contributed by atoms with Crippen molar-refractivity contribution in [3.63, 3.8) is 0 Å². The van der Waals surface area contributed by atoms with Crippen LogP contribution in [0, 0.1) is 0 Å². The zero-order chi connectivity index (χ0) is 22.7. The number of carbonyl (C=O) groups excluding carboxylic acids is 1. The highest BCUT2D eigenvalue weighted by Gasteiger charge is 2.39. The summed E-state index contributed by atoms with van der Waals surface area (Å²) in [6.07, 6.45) is 3.17. The van der Waals surface area contributed by atoms with Crippen LogP contribution in [0.1, 0.15) is 24.0 Å². The smallest absolute Gasteiger partial charge is 0.244 e. The number of hydrogen-bond acceptors (Lipinski definition) is 5. The van der Waals surface area contributed by atoms with Gasteiger partial charge in [0.2, 0.25) is 15.9 Å². The average Bonchev–Trinajstić information content (AvgIpc) is 3.53. The molecule has 0 saturated carbocycles. The summed E-state index contributed by atoms with van der Waals surface area (Å²) >= 11 is 7.34. The van der Waals surface area contributed by atoms with Gasteiger partial charge in [-0.2, -0.15) is 4.31 Å². The van der Waals surface area contributed by atoms with E-state index in [1.54, 1.807) is 12.1 Å². The van der Waals surface area contributed by atoms with Crippen LogP contribution in [0.3, 0.4) is 0 Å². The average molecular weight is 498 g/mol. The molecule has 1 atom stereocenters. The predicted molar refractivity (Wildman–Crippen MR) is 132 cm³/mol. The number of anilines is 1. The largest absolute Gasteiger partial charge is 0.301 e. The van der Waals surface area contributed by atoms with Crippen molar-refractivity contribution in [1.29, 1.82) is 0 Å². The number of aryl methyl sites for hydroxylation is 2. The summed E-state index contributed by atoms with van der Waals surface area (Å²) in [5.41, 5.74) is 3.55. The molecule has 1 saturated heterocycles. The third-order valence-corrected chi connectivity index (χ3v) is 9.60. The number of rotatable bonds is 4. The second-order valence-corrected chi connectivity index (χ2v) is 11.8. The molecule has 1 N–H and O–H groups in total. The Labute approximate surface area is 200 Å². The maximum atomic E-state index is 13.2. The van der Waals surface area contributed by atoms with Crippen LogP contribution in [0.2, 0.25) is 5.02 Å². The first-order chi connectivity index (χ1) is 15.9. The lowest BCUT2D eigenvalue weighted by atomic mass is 10.0. The molecule has 168 valence electrons. The van der Waals surface area contributed by atoms with E-state index >= 15 is 0 Å². The summed E-state index contributed by atoms with van der Waals surface area (Å²) < 4.78 is 28.7. The summed E-state index contributed by atoms with van der Waals surface area (Å²) in [6, 6.07) is 13.7. The van der Waals surface area contributed by atoms with Crippen molar-refractivity contribution in [3.8, 4) is 0 Å².